The van der Waals surface area contributed by atoms with Crippen LogP contribution in [-0.2, 0) is 6.61 Å². The molecule has 0 saturated carbocycles. The van der Waals surface area contributed by atoms with Crippen LogP contribution < -0.4 is 4.74 Å². The fourth-order valence-electron chi connectivity index (χ4n) is 1.35. The Bertz CT molecular complexity index is 604. The van der Waals surface area contributed by atoms with Crippen LogP contribution in [0.3, 0.4) is 0 Å². The van der Waals surface area contributed by atoms with Crippen LogP contribution >= 0.6 is 23.2 Å². The van der Waals surface area contributed by atoms with Gasteiger partial charge in [0.15, 0.2) is 12.4 Å². The molecule has 1 aromatic carbocycles. The van der Waals surface area contributed by atoms with E-state index in [1.165, 1.54) is 12.1 Å². The number of nitrogens with zero attached hydrogens (tertiary/aromatic N) is 2. The summed E-state index contributed by atoms with van der Waals surface area (Å²) in [6.07, 6.45) is 0. The lowest BCUT2D eigenvalue weighted by atomic mass is 10.2. The van der Waals surface area contributed by atoms with Gasteiger partial charge in [-0.05, 0) is 12.1 Å². The SMILES string of the molecule is Cc1nnc(COc2c(Cl)cc(C(=O)O)cc2Cl)o1. The molecule has 1 heterocycles. The van der Waals surface area contributed by atoms with E-state index in [1.54, 1.807) is 6.92 Å². The van der Waals surface area contributed by atoms with Crippen molar-refractivity contribution in [2.24, 2.45) is 0 Å². The number of carboxylic acids is 1. The number of benzene rings is 1. The van der Waals surface area contributed by atoms with E-state index in [0.29, 0.717) is 5.89 Å². The molecule has 0 unspecified atom stereocenters. The molecule has 0 aliphatic rings. The Labute approximate surface area is 117 Å². The average Bonchev–Trinajstić information content (AvgIpc) is 2.73. The summed E-state index contributed by atoms with van der Waals surface area (Å²) < 4.78 is 10.5. The highest BCUT2D eigenvalue weighted by Crippen LogP contribution is 2.34. The molecule has 8 heteroatoms. The van der Waals surface area contributed by atoms with Crippen LogP contribution in [0.15, 0.2) is 16.5 Å². The molecule has 1 N–H and O–H groups in total. The zero-order valence-electron chi connectivity index (χ0n) is 9.68. The molecule has 0 saturated heterocycles. The minimum Gasteiger partial charge on any atom is -0.481 e. The second kappa shape index (κ2) is 5.46. The first-order valence-corrected chi connectivity index (χ1v) is 5.87. The van der Waals surface area contributed by atoms with E-state index in [0.717, 1.165) is 0 Å². The molecule has 19 heavy (non-hydrogen) atoms. The van der Waals surface area contributed by atoms with Gasteiger partial charge in [0.2, 0.25) is 5.89 Å². The van der Waals surface area contributed by atoms with Crippen molar-refractivity contribution in [2.75, 3.05) is 0 Å². The maximum atomic E-state index is 10.8. The standard InChI is InChI=1S/C11H8Cl2N2O4/c1-5-14-15-9(19-5)4-18-10-7(12)2-6(11(16)17)3-8(10)13/h2-3H,4H2,1H3,(H,16,17). The first-order chi connectivity index (χ1) is 8.97. The van der Waals surface area contributed by atoms with Gasteiger partial charge in [0.05, 0.1) is 15.6 Å². The molecule has 100 valence electrons. The van der Waals surface area contributed by atoms with Gasteiger partial charge in [0.25, 0.3) is 5.89 Å². The van der Waals surface area contributed by atoms with E-state index in [4.69, 9.17) is 37.5 Å². The number of hydrogen-bond acceptors (Lipinski definition) is 5. The number of aromatic carboxylic acids is 1. The number of ether oxygens (including phenoxy) is 1. The molecule has 1 aromatic heterocycles. The maximum Gasteiger partial charge on any atom is 0.335 e. The van der Waals surface area contributed by atoms with Gasteiger partial charge < -0.3 is 14.3 Å². The summed E-state index contributed by atoms with van der Waals surface area (Å²) in [6.45, 7) is 1.64. The van der Waals surface area contributed by atoms with Crippen molar-refractivity contribution in [3.63, 3.8) is 0 Å². The third-order valence-electron chi connectivity index (χ3n) is 2.15. The summed E-state index contributed by atoms with van der Waals surface area (Å²) in [5.41, 5.74) is -0.0176. The largest absolute Gasteiger partial charge is 0.481 e. The third kappa shape index (κ3) is 3.15. The van der Waals surface area contributed by atoms with Crippen LogP contribution in [0.25, 0.3) is 0 Å². The van der Waals surface area contributed by atoms with E-state index in [9.17, 15) is 4.79 Å². The summed E-state index contributed by atoms with van der Waals surface area (Å²) in [7, 11) is 0. The number of carboxylic acid groups (broad SMARTS) is 1. The fourth-order valence-corrected chi connectivity index (χ4v) is 1.95. The molecule has 0 aliphatic carbocycles. The lowest BCUT2D eigenvalue weighted by Gasteiger charge is -2.08. The van der Waals surface area contributed by atoms with Gasteiger partial charge in [-0.1, -0.05) is 23.2 Å². The Hall–Kier alpha value is -1.79. The minimum atomic E-state index is -1.12. The van der Waals surface area contributed by atoms with E-state index < -0.39 is 5.97 Å². The Balaban J connectivity index is 2.18. The van der Waals surface area contributed by atoms with E-state index in [1.807, 2.05) is 0 Å². The Morgan fingerprint density at radius 2 is 2.00 bits per heavy atom. The molecule has 0 spiro atoms. The van der Waals surface area contributed by atoms with Gasteiger partial charge in [-0.25, -0.2) is 4.79 Å². The molecular formula is C11H8Cl2N2O4. The molecule has 0 aliphatic heterocycles. The van der Waals surface area contributed by atoms with Gasteiger partial charge >= 0.3 is 5.97 Å². The lowest BCUT2D eigenvalue weighted by Crippen LogP contribution is -2.00. The molecule has 0 amide bonds. The lowest BCUT2D eigenvalue weighted by molar-refractivity contribution is 0.0697. The zero-order valence-corrected chi connectivity index (χ0v) is 11.2. The molecule has 2 aromatic rings. The summed E-state index contributed by atoms with van der Waals surface area (Å²) in [5.74, 6) is -0.268. The van der Waals surface area contributed by atoms with Crippen LogP contribution in [0.4, 0.5) is 0 Å². The third-order valence-corrected chi connectivity index (χ3v) is 2.71. The molecule has 2 rings (SSSR count). The first kappa shape index (κ1) is 13.6. The minimum absolute atomic E-state index is 0.00724. The van der Waals surface area contributed by atoms with Crippen LogP contribution in [0.1, 0.15) is 22.1 Å². The average molecular weight is 303 g/mol. The normalized spacial score (nSPS) is 10.5. The van der Waals surface area contributed by atoms with Crippen molar-refractivity contribution < 1.29 is 19.1 Å². The van der Waals surface area contributed by atoms with E-state index in [-0.39, 0.29) is 33.9 Å². The zero-order chi connectivity index (χ0) is 14.0. The monoisotopic (exact) mass is 302 g/mol. The van der Waals surface area contributed by atoms with Crippen molar-refractivity contribution >= 4 is 29.2 Å². The molecule has 0 fully saturated rings. The predicted octanol–water partition coefficient (Wildman–Crippen LogP) is 2.96. The summed E-state index contributed by atoms with van der Waals surface area (Å²) in [6, 6.07) is 2.51. The summed E-state index contributed by atoms with van der Waals surface area (Å²) >= 11 is 11.8. The molecule has 0 radical (unpaired) electrons. The second-order valence-electron chi connectivity index (χ2n) is 3.58. The van der Waals surface area contributed by atoms with Gasteiger partial charge in [0.1, 0.15) is 0 Å². The van der Waals surface area contributed by atoms with Gasteiger partial charge in [-0.3, -0.25) is 0 Å². The fraction of sp³-hybridized carbons (Fsp3) is 0.182. The molecule has 6 nitrogen and oxygen atoms in total. The number of hydrogen-bond donors (Lipinski definition) is 1. The highest BCUT2D eigenvalue weighted by molar-refractivity contribution is 6.37. The second-order valence-corrected chi connectivity index (χ2v) is 4.39. The van der Waals surface area contributed by atoms with Crippen molar-refractivity contribution in [2.45, 2.75) is 13.5 Å². The van der Waals surface area contributed by atoms with Crippen molar-refractivity contribution in [1.82, 2.24) is 10.2 Å². The Morgan fingerprint density at radius 1 is 1.37 bits per heavy atom. The first-order valence-electron chi connectivity index (χ1n) is 5.11. The smallest absolute Gasteiger partial charge is 0.335 e. The van der Waals surface area contributed by atoms with Crippen molar-refractivity contribution in [3.8, 4) is 5.75 Å². The maximum absolute atomic E-state index is 10.8. The highest BCUT2D eigenvalue weighted by atomic mass is 35.5. The number of rotatable bonds is 4. The van der Waals surface area contributed by atoms with Crippen LogP contribution in [0, 0.1) is 6.92 Å². The topological polar surface area (TPSA) is 85.5 Å². The number of aryl methyl sites for hydroxylation is 1. The Kier molecular flexibility index (Phi) is 3.92. The predicted molar refractivity (Wildman–Crippen MR) is 66.8 cm³/mol. The number of aromatic nitrogens is 2. The number of carbonyl (C=O) groups is 1. The van der Waals surface area contributed by atoms with Crippen molar-refractivity contribution in [1.29, 1.82) is 0 Å². The van der Waals surface area contributed by atoms with Gasteiger partial charge in [-0.15, -0.1) is 10.2 Å². The van der Waals surface area contributed by atoms with Gasteiger partial charge in [-0.2, -0.15) is 0 Å². The highest BCUT2D eigenvalue weighted by Gasteiger charge is 2.14. The van der Waals surface area contributed by atoms with Crippen LogP contribution in [0.2, 0.25) is 10.0 Å². The van der Waals surface area contributed by atoms with E-state index in [2.05, 4.69) is 10.2 Å². The van der Waals surface area contributed by atoms with E-state index >= 15 is 0 Å². The van der Waals surface area contributed by atoms with Crippen molar-refractivity contribution in [3.05, 3.63) is 39.5 Å². The quantitative estimate of drug-likeness (QED) is 0.934. The Morgan fingerprint density at radius 3 is 2.47 bits per heavy atom. The van der Waals surface area contributed by atoms with Crippen LogP contribution in [-0.4, -0.2) is 21.3 Å². The summed E-state index contributed by atoms with van der Waals surface area (Å²) in [4.78, 5) is 10.8. The molecule has 0 atom stereocenters. The summed E-state index contributed by atoms with van der Waals surface area (Å²) in [5, 5.41) is 16.4. The van der Waals surface area contributed by atoms with Crippen LogP contribution in [0.5, 0.6) is 5.75 Å². The van der Waals surface area contributed by atoms with Gasteiger partial charge in [0, 0.05) is 6.92 Å². The molecular weight excluding hydrogens is 295 g/mol. The molecule has 0 bridgehead atoms. The number of halogens is 2.